The number of hydrogen-bond acceptors (Lipinski definition) is 2. The molecule has 6 heteroatoms. The number of nitrogens with zero attached hydrogens (tertiary/aromatic N) is 1. The Hall–Kier alpha value is -2.14. The van der Waals surface area contributed by atoms with E-state index in [1.54, 1.807) is 20.0 Å². The summed E-state index contributed by atoms with van der Waals surface area (Å²) in [4.78, 5) is 28.2. The molecule has 21 heavy (non-hydrogen) atoms. The number of amides is 1. The standard InChI is InChI=1S/C15H14ClFN2O2/c1-9-5-14(20)11(7-18-9)15(21)19(2)8-10-3-4-12(16)13(17)6-10/h3-7H,8H2,1-2H3,(H,18,20). The number of aryl methyl sites for hydroxylation is 1. The van der Waals surface area contributed by atoms with E-state index in [9.17, 15) is 14.0 Å². The molecular formula is C15H14ClFN2O2. The van der Waals surface area contributed by atoms with E-state index in [4.69, 9.17) is 11.6 Å². The molecule has 2 aromatic rings. The zero-order valence-electron chi connectivity index (χ0n) is 11.6. The van der Waals surface area contributed by atoms with Crippen LogP contribution < -0.4 is 5.43 Å². The fourth-order valence-electron chi connectivity index (χ4n) is 1.93. The first-order valence-electron chi connectivity index (χ1n) is 6.27. The van der Waals surface area contributed by atoms with Crippen molar-refractivity contribution in [2.45, 2.75) is 13.5 Å². The van der Waals surface area contributed by atoms with Gasteiger partial charge in [-0.05, 0) is 24.6 Å². The molecule has 1 N–H and O–H groups in total. The van der Waals surface area contributed by atoms with Gasteiger partial charge in [-0.25, -0.2) is 4.39 Å². The smallest absolute Gasteiger partial charge is 0.259 e. The number of rotatable bonds is 3. The van der Waals surface area contributed by atoms with Gasteiger partial charge in [0.1, 0.15) is 11.4 Å². The number of aromatic nitrogens is 1. The second-order valence-corrected chi connectivity index (χ2v) is 5.21. The number of hydrogen-bond donors (Lipinski definition) is 1. The molecule has 1 aromatic heterocycles. The maximum Gasteiger partial charge on any atom is 0.259 e. The highest BCUT2D eigenvalue weighted by molar-refractivity contribution is 6.30. The third-order valence-corrected chi connectivity index (χ3v) is 3.34. The molecule has 0 bridgehead atoms. The minimum Gasteiger partial charge on any atom is -0.364 e. The summed E-state index contributed by atoms with van der Waals surface area (Å²) >= 11 is 5.61. The molecule has 1 aromatic carbocycles. The van der Waals surface area contributed by atoms with E-state index >= 15 is 0 Å². The Morgan fingerprint density at radius 1 is 1.38 bits per heavy atom. The van der Waals surface area contributed by atoms with Crippen LogP contribution in [0.2, 0.25) is 5.02 Å². The largest absolute Gasteiger partial charge is 0.364 e. The Bertz CT molecular complexity index is 743. The molecule has 1 heterocycles. The van der Waals surface area contributed by atoms with Crippen LogP contribution in [0, 0.1) is 12.7 Å². The van der Waals surface area contributed by atoms with Crippen molar-refractivity contribution in [2.24, 2.45) is 0 Å². The van der Waals surface area contributed by atoms with E-state index in [0.29, 0.717) is 11.3 Å². The second kappa shape index (κ2) is 6.10. The Balaban J connectivity index is 2.19. The van der Waals surface area contributed by atoms with Gasteiger partial charge < -0.3 is 9.88 Å². The SMILES string of the molecule is Cc1cc(=O)c(C(=O)N(C)Cc2ccc(Cl)c(F)c2)c[nH]1. The molecule has 1 amide bonds. The zero-order chi connectivity index (χ0) is 15.6. The van der Waals surface area contributed by atoms with Crippen LogP contribution in [-0.4, -0.2) is 22.8 Å². The van der Waals surface area contributed by atoms with Crippen molar-refractivity contribution in [3.63, 3.8) is 0 Å². The predicted molar refractivity (Wildman–Crippen MR) is 79.0 cm³/mol. The van der Waals surface area contributed by atoms with E-state index in [-0.39, 0.29) is 22.6 Å². The first kappa shape index (κ1) is 15.3. The quantitative estimate of drug-likeness (QED) is 0.948. The summed E-state index contributed by atoms with van der Waals surface area (Å²) in [6.45, 7) is 1.91. The number of benzene rings is 1. The Morgan fingerprint density at radius 3 is 2.71 bits per heavy atom. The predicted octanol–water partition coefficient (Wildman–Crippen LogP) is 2.75. The van der Waals surface area contributed by atoms with Crippen molar-refractivity contribution in [3.8, 4) is 0 Å². The minimum absolute atomic E-state index is 0.0303. The van der Waals surface area contributed by atoms with Crippen LogP contribution in [0.5, 0.6) is 0 Å². The fraction of sp³-hybridized carbons (Fsp3) is 0.200. The Morgan fingerprint density at radius 2 is 2.10 bits per heavy atom. The molecule has 2 rings (SSSR count). The van der Waals surface area contributed by atoms with Crippen LogP contribution in [0.4, 0.5) is 4.39 Å². The first-order chi connectivity index (χ1) is 9.88. The molecule has 0 spiro atoms. The van der Waals surface area contributed by atoms with E-state index in [2.05, 4.69) is 4.98 Å². The summed E-state index contributed by atoms with van der Waals surface area (Å²) in [7, 11) is 1.55. The number of nitrogens with one attached hydrogen (secondary N) is 1. The highest BCUT2D eigenvalue weighted by atomic mass is 35.5. The molecule has 0 saturated carbocycles. The van der Waals surface area contributed by atoms with Gasteiger partial charge in [-0.2, -0.15) is 0 Å². The molecule has 0 aliphatic carbocycles. The van der Waals surface area contributed by atoms with Crippen LogP contribution in [0.3, 0.4) is 0 Å². The van der Waals surface area contributed by atoms with Crippen molar-refractivity contribution in [2.75, 3.05) is 7.05 Å². The number of aromatic amines is 1. The molecule has 0 saturated heterocycles. The van der Waals surface area contributed by atoms with Gasteiger partial charge in [-0.3, -0.25) is 9.59 Å². The van der Waals surface area contributed by atoms with Crippen LogP contribution in [0.1, 0.15) is 21.6 Å². The summed E-state index contributed by atoms with van der Waals surface area (Å²) in [5, 5.41) is 0.0303. The maximum atomic E-state index is 13.4. The summed E-state index contributed by atoms with van der Waals surface area (Å²) in [5.74, 6) is -0.963. The second-order valence-electron chi connectivity index (χ2n) is 4.80. The lowest BCUT2D eigenvalue weighted by molar-refractivity contribution is 0.0783. The van der Waals surface area contributed by atoms with Gasteiger partial charge in [0, 0.05) is 31.5 Å². The molecule has 0 atom stereocenters. The normalized spacial score (nSPS) is 10.5. The van der Waals surface area contributed by atoms with Crippen LogP contribution >= 0.6 is 11.6 Å². The molecule has 0 unspecified atom stereocenters. The topological polar surface area (TPSA) is 53.2 Å². The molecule has 4 nitrogen and oxygen atoms in total. The molecule has 0 fully saturated rings. The molecule has 110 valence electrons. The third kappa shape index (κ3) is 3.49. The average Bonchev–Trinajstić information content (AvgIpc) is 2.42. The van der Waals surface area contributed by atoms with Crippen molar-refractivity contribution >= 4 is 17.5 Å². The molecule has 0 radical (unpaired) electrons. The van der Waals surface area contributed by atoms with E-state index in [0.717, 1.165) is 0 Å². The highest BCUT2D eigenvalue weighted by Crippen LogP contribution is 2.16. The van der Waals surface area contributed by atoms with Gasteiger partial charge in [-0.1, -0.05) is 17.7 Å². The summed E-state index contributed by atoms with van der Waals surface area (Å²) in [6, 6.07) is 5.70. The minimum atomic E-state index is -0.539. The number of halogens is 2. The van der Waals surface area contributed by atoms with Gasteiger partial charge in [0.25, 0.3) is 5.91 Å². The summed E-state index contributed by atoms with van der Waals surface area (Å²) in [6.07, 6.45) is 1.39. The van der Waals surface area contributed by atoms with Gasteiger partial charge in [0.15, 0.2) is 5.43 Å². The van der Waals surface area contributed by atoms with Crippen molar-refractivity contribution in [1.82, 2.24) is 9.88 Å². The van der Waals surface area contributed by atoms with Gasteiger partial charge in [0.05, 0.1) is 5.02 Å². The monoisotopic (exact) mass is 308 g/mol. The van der Waals surface area contributed by atoms with Crippen LogP contribution in [0.15, 0.2) is 35.3 Å². The fourth-order valence-corrected chi connectivity index (χ4v) is 2.05. The number of pyridine rings is 1. The lowest BCUT2D eigenvalue weighted by Crippen LogP contribution is -2.30. The van der Waals surface area contributed by atoms with Crippen molar-refractivity contribution in [1.29, 1.82) is 0 Å². The zero-order valence-corrected chi connectivity index (χ0v) is 12.4. The van der Waals surface area contributed by atoms with Gasteiger partial charge >= 0.3 is 0 Å². The summed E-state index contributed by atoms with van der Waals surface area (Å²) in [5.41, 5.74) is 0.984. The number of carbonyl (C=O) groups excluding carboxylic acids is 1. The number of H-pyrrole nitrogens is 1. The summed E-state index contributed by atoms with van der Waals surface area (Å²) < 4.78 is 13.4. The lowest BCUT2D eigenvalue weighted by Gasteiger charge is -2.17. The van der Waals surface area contributed by atoms with Gasteiger partial charge in [0.2, 0.25) is 0 Å². The maximum absolute atomic E-state index is 13.4. The molecular weight excluding hydrogens is 295 g/mol. The molecule has 0 aliphatic heterocycles. The van der Waals surface area contributed by atoms with E-state index in [1.807, 2.05) is 0 Å². The Kier molecular flexibility index (Phi) is 4.43. The van der Waals surface area contributed by atoms with Gasteiger partial charge in [-0.15, -0.1) is 0 Å². The van der Waals surface area contributed by atoms with E-state index < -0.39 is 11.7 Å². The average molecular weight is 309 g/mol. The number of carbonyl (C=O) groups is 1. The highest BCUT2D eigenvalue weighted by Gasteiger charge is 2.16. The van der Waals surface area contributed by atoms with Crippen LogP contribution in [-0.2, 0) is 6.54 Å². The first-order valence-corrected chi connectivity index (χ1v) is 6.65. The van der Waals surface area contributed by atoms with Crippen molar-refractivity contribution < 1.29 is 9.18 Å². The van der Waals surface area contributed by atoms with E-state index in [1.165, 1.54) is 29.3 Å². The van der Waals surface area contributed by atoms with Crippen LogP contribution in [0.25, 0.3) is 0 Å². The third-order valence-electron chi connectivity index (χ3n) is 3.04. The lowest BCUT2D eigenvalue weighted by atomic mass is 10.2. The van der Waals surface area contributed by atoms with Crippen molar-refractivity contribution in [3.05, 3.63) is 68.3 Å². The molecule has 0 aliphatic rings. The Labute approximate surface area is 126 Å².